The minimum absolute atomic E-state index is 0.236. The van der Waals surface area contributed by atoms with Crippen molar-refractivity contribution in [2.75, 3.05) is 0 Å². The Morgan fingerprint density at radius 1 is 1.13 bits per heavy atom. The van der Waals surface area contributed by atoms with Crippen LogP contribution in [0.25, 0.3) is 16.9 Å². The first kappa shape index (κ1) is 13.4. The molecule has 0 aliphatic carbocycles. The van der Waals surface area contributed by atoms with E-state index in [0.717, 1.165) is 11.5 Å². The summed E-state index contributed by atoms with van der Waals surface area (Å²) in [6, 6.07) is 9.47. The summed E-state index contributed by atoms with van der Waals surface area (Å²) in [5.74, 6) is 0.767. The molecule has 0 aliphatic heterocycles. The second-order valence-electron chi connectivity index (χ2n) is 5.14. The highest BCUT2D eigenvalue weighted by Gasteiger charge is 2.14. The van der Waals surface area contributed by atoms with Crippen LogP contribution in [-0.4, -0.2) is 34.1 Å². The summed E-state index contributed by atoms with van der Waals surface area (Å²) in [5, 5.41) is 8.05. The van der Waals surface area contributed by atoms with E-state index in [1.807, 2.05) is 48.1 Å². The lowest BCUT2D eigenvalue weighted by molar-refractivity contribution is 0.671. The van der Waals surface area contributed by atoms with Crippen LogP contribution in [0, 0.1) is 0 Å². The van der Waals surface area contributed by atoms with Crippen LogP contribution in [0.15, 0.2) is 53.8 Å². The number of aryl methyl sites for hydroxylation is 1. The molecule has 114 valence electrons. The molecular weight excluding hydrogens is 294 g/mol. The van der Waals surface area contributed by atoms with Crippen molar-refractivity contribution < 1.29 is 0 Å². The van der Waals surface area contributed by atoms with Crippen molar-refractivity contribution in [2.45, 2.75) is 6.54 Å². The van der Waals surface area contributed by atoms with Gasteiger partial charge in [0.1, 0.15) is 12.2 Å². The Bertz CT molecular complexity index is 1030. The van der Waals surface area contributed by atoms with Crippen molar-refractivity contribution in [3.05, 3.63) is 65.2 Å². The van der Waals surface area contributed by atoms with E-state index < -0.39 is 0 Å². The summed E-state index contributed by atoms with van der Waals surface area (Å²) in [6.07, 6.45) is 5.03. The van der Waals surface area contributed by atoms with E-state index in [4.69, 9.17) is 0 Å². The molecule has 0 unspecified atom stereocenters. The van der Waals surface area contributed by atoms with E-state index in [2.05, 4.69) is 20.3 Å². The smallest absolute Gasteiger partial charge is 0.283 e. The van der Waals surface area contributed by atoms with Crippen LogP contribution >= 0.6 is 0 Å². The van der Waals surface area contributed by atoms with Crippen molar-refractivity contribution in [3.8, 4) is 5.69 Å². The average molecular weight is 307 g/mol. The number of rotatable bonds is 3. The molecule has 3 heterocycles. The second kappa shape index (κ2) is 5.16. The monoisotopic (exact) mass is 307 g/mol. The quantitative estimate of drug-likeness (QED) is 0.558. The van der Waals surface area contributed by atoms with Crippen LogP contribution in [0.5, 0.6) is 0 Å². The molecule has 0 saturated heterocycles. The maximum absolute atomic E-state index is 12.6. The zero-order valence-electron chi connectivity index (χ0n) is 12.4. The third-order valence-corrected chi connectivity index (χ3v) is 3.66. The van der Waals surface area contributed by atoms with Gasteiger partial charge in [0.05, 0.1) is 12.2 Å². The van der Waals surface area contributed by atoms with Gasteiger partial charge in [-0.05, 0) is 12.1 Å². The Balaban J connectivity index is 1.81. The molecule has 0 amide bonds. The maximum atomic E-state index is 12.6. The lowest BCUT2D eigenvalue weighted by atomic mass is 10.3. The fraction of sp³-hybridized carbons (Fsp3) is 0.133. The van der Waals surface area contributed by atoms with Crippen LogP contribution in [0.1, 0.15) is 5.82 Å². The van der Waals surface area contributed by atoms with Gasteiger partial charge in [0.15, 0.2) is 11.2 Å². The zero-order valence-corrected chi connectivity index (χ0v) is 12.4. The number of fused-ring (bicyclic) bond motifs is 1. The highest BCUT2D eigenvalue weighted by atomic mass is 16.1. The number of hydrogen-bond donors (Lipinski definition) is 0. The fourth-order valence-corrected chi connectivity index (χ4v) is 2.40. The highest BCUT2D eigenvalue weighted by Crippen LogP contribution is 2.11. The number of aromatic nitrogens is 7. The minimum Gasteiger partial charge on any atom is -0.337 e. The van der Waals surface area contributed by atoms with E-state index in [-0.39, 0.29) is 11.1 Å². The van der Waals surface area contributed by atoms with Crippen molar-refractivity contribution in [3.63, 3.8) is 0 Å². The largest absolute Gasteiger partial charge is 0.337 e. The predicted octanol–water partition coefficient (Wildman–Crippen LogP) is 0.759. The van der Waals surface area contributed by atoms with E-state index in [1.54, 1.807) is 10.9 Å². The molecule has 0 aliphatic rings. The summed E-state index contributed by atoms with van der Waals surface area (Å²) in [4.78, 5) is 21.2. The van der Waals surface area contributed by atoms with Gasteiger partial charge >= 0.3 is 0 Å². The van der Waals surface area contributed by atoms with E-state index >= 15 is 0 Å². The van der Waals surface area contributed by atoms with E-state index in [9.17, 15) is 4.79 Å². The molecule has 3 aromatic heterocycles. The second-order valence-corrected chi connectivity index (χ2v) is 5.14. The molecule has 0 radical (unpaired) electrons. The van der Waals surface area contributed by atoms with Gasteiger partial charge in [0.2, 0.25) is 0 Å². The van der Waals surface area contributed by atoms with Gasteiger partial charge in [-0.2, -0.15) is 4.68 Å². The Morgan fingerprint density at radius 3 is 2.70 bits per heavy atom. The normalized spacial score (nSPS) is 11.2. The molecule has 4 aromatic rings. The van der Waals surface area contributed by atoms with Crippen molar-refractivity contribution >= 4 is 11.2 Å². The average Bonchev–Trinajstić information content (AvgIpc) is 3.18. The third kappa shape index (κ3) is 2.20. The highest BCUT2D eigenvalue weighted by molar-refractivity contribution is 5.70. The molecule has 8 heteroatoms. The number of benzene rings is 1. The van der Waals surface area contributed by atoms with Crippen LogP contribution in [0.4, 0.5) is 0 Å². The van der Waals surface area contributed by atoms with Gasteiger partial charge < -0.3 is 4.57 Å². The van der Waals surface area contributed by atoms with E-state index in [0.29, 0.717) is 12.2 Å². The van der Waals surface area contributed by atoms with Crippen LogP contribution in [0.2, 0.25) is 0 Å². The number of nitrogens with zero attached hydrogens (tertiary/aromatic N) is 7. The topological polar surface area (TPSA) is 83.4 Å². The summed E-state index contributed by atoms with van der Waals surface area (Å²) < 4.78 is 4.90. The number of imidazole rings is 1. The van der Waals surface area contributed by atoms with Gasteiger partial charge in [-0.15, -0.1) is 5.10 Å². The fourth-order valence-electron chi connectivity index (χ4n) is 2.40. The van der Waals surface area contributed by atoms with E-state index in [1.165, 1.54) is 10.9 Å². The lowest BCUT2D eigenvalue weighted by Crippen LogP contribution is -2.23. The van der Waals surface area contributed by atoms with Gasteiger partial charge in [0.25, 0.3) is 5.56 Å². The van der Waals surface area contributed by atoms with Crippen molar-refractivity contribution in [2.24, 2.45) is 7.05 Å². The molecule has 4 rings (SSSR count). The Labute approximate surface area is 130 Å². The van der Waals surface area contributed by atoms with Crippen LogP contribution in [0.3, 0.4) is 0 Å². The molecule has 0 N–H and O–H groups in total. The summed E-state index contributed by atoms with van der Waals surface area (Å²) in [5.41, 5.74) is 1.26. The molecule has 0 atom stereocenters. The number of hydrogen-bond acceptors (Lipinski definition) is 5. The third-order valence-electron chi connectivity index (χ3n) is 3.66. The molecule has 0 saturated carbocycles. The Hall–Kier alpha value is -3.29. The molecule has 0 bridgehead atoms. The molecule has 23 heavy (non-hydrogen) atoms. The minimum atomic E-state index is -0.236. The summed E-state index contributed by atoms with van der Waals surface area (Å²) >= 11 is 0. The molecule has 8 nitrogen and oxygen atoms in total. The molecule has 0 fully saturated rings. The first-order valence-corrected chi connectivity index (χ1v) is 7.06. The van der Waals surface area contributed by atoms with Crippen molar-refractivity contribution in [1.29, 1.82) is 0 Å². The first-order chi connectivity index (χ1) is 11.2. The Kier molecular flexibility index (Phi) is 3.00. The van der Waals surface area contributed by atoms with Gasteiger partial charge in [0, 0.05) is 19.4 Å². The van der Waals surface area contributed by atoms with Crippen LogP contribution < -0.4 is 5.56 Å². The SMILES string of the molecule is Cn1ccnc1Cn1cnc2c(nnn2-c2ccccc2)c1=O. The van der Waals surface area contributed by atoms with Crippen LogP contribution in [-0.2, 0) is 13.6 Å². The van der Waals surface area contributed by atoms with Gasteiger partial charge in [-0.3, -0.25) is 9.36 Å². The van der Waals surface area contributed by atoms with Gasteiger partial charge in [-0.25, -0.2) is 9.97 Å². The summed E-state index contributed by atoms with van der Waals surface area (Å²) in [7, 11) is 1.88. The van der Waals surface area contributed by atoms with Crippen molar-refractivity contribution in [1.82, 2.24) is 34.1 Å². The number of para-hydroxylation sites is 1. The lowest BCUT2D eigenvalue weighted by Gasteiger charge is -2.05. The first-order valence-electron chi connectivity index (χ1n) is 7.06. The predicted molar refractivity (Wildman–Crippen MR) is 83.2 cm³/mol. The van der Waals surface area contributed by atoms with Gasteiger partial charge in [-0.1, -0.05) is 23.4 Å². The standard InChI is InChI=1S/C15H13N7O/c1-20-8-7-16-12(20)9-21-10-17-14-13(15(21)23)18-19-22(14)11-5-3-2-4-6-11/h2-8,10H,9H2,1H3. The Morgan fingerprint density at radius 2 is 1.96 bits per heavy atom. The molecule has 0 spiro atoms. The summed E-state index contributed by atoms with van der Waals surface area (Å²) in [6.45, 7) is 0.337. The molecule has 1 aromatic carbocycles. The molecular formula is C15H13N7O. The maximum Gasteiger partial charge on any atom is 0.283 e. The zero-order chi connectivity index (χ0) is 15.8.